The van der Waals surface area contributed by atoms with Gasteiger partial charge in [-0.15, -0.1) is 0 Å². The molecule has 7 atom stereocenters. The summed E-state index contributed by atoms with van der Waals surface area (Å²) in [5.41, 5.74) is 0. The molecular formula is C65H119NO10. The highest BCUT2D eigenvalue weighted by atomic mass is 16.7. The van der Waals surface area contributed by atoms with Crippen LogP contribution < -0.4 is 5.32 Å². The molecule has 76 heavy (non-hydrogen) atoms. The fourth-order valence-electron chi connectivity index (χ4n) is 9.81. The minimum absolute atomic E-state index is 0.000112. The second-order valence-corrected chi connectivity index (χ2v) is 22.1. The Bertz CT molecular complexity index is 1400. The number of unbranched alkanes of at least 4 members (excludes halogenated alkanes) is 35. The number of nitrogens with one attached hydrogen (secondary N) is 1. The van der Waals surface area contributed by atoms with Crippen LogP contribution in [0.5, 0.6) is 0 Å². The largest absolute Gasteiger partial charge is 0.466 e. The van der Waals surface area contributed by atoms with Crippen molar-refractivity contribution in [3.05, 3.63) is 48.6 Å². The molecule has 6 N–H and O–H groups in total. The Balaban J connectivity index is 2.06. The molecule has 0 aromatic rings. The first kappa shape index (κ1) is 71.6. The van der Waals surface area contributed by atoms with Crippen LogP contribution in [0.25, 0.3) is 0 Å². The number of aliphatic hydroxyl groups is 5. The van der Waals surface area contributed by atoms with Gasteiger partial charge in [-0.25, -0.2) is 0 Å². The van der Waals surface area contributed by atoms with Crippen LogP contribution in [0.1, 0.15) is 290 Å². The quantitative estimate of drug-likeness (QED) is 0.0195. The Hall–Kier alpha value is -2.38. The number of esters is 1. The van der Waals surface area contributed by atoms with Crippen LogP contribution >= 0.6 is 0 Å². The van der Waals surface area contributed by atoms with E-state index in [-0.39, 0.29) is 18.5 Å². The van der Waals surface area contributed by atoms with Crippen LogP contribution in [-0.4, -0.2) is 100 Å². The summed E-state index contributed by atoms with van der Waals surface area (Å²) in [7, 11) is 0. The molecular weight excluding hydrogens is 955 g/mol. The van der Waals surface area contributed by atoms with Gasteiger partial charge in [0.25, 0.3) is 0 Å². The number of carbonyl (C=O) groups is 2. The molecule has 0 aliphatic carbocycles. The molecule has 11 heteroatoms. The summed E-state index contributed by atoms with van der Waals surface area (Å²) in [6.07, 6.45) is 59.3. The van der Waals surface area contributed by atoms with Gasteiger partial charge in [0.05, 0.1) is 32.0 Å². The number of amides is 1. The number of hydrogen-bond donors (Lipinski definition) is 6. The molecule has 1 saturated heterocycles. The Labute approximate surface area is 466 Å². The first-order valence-corrected chi connectivity index (χ1v) is 31.9. The molecule has 7 unspecified atom stereocenters. The van der Waals surface area contributed by atoms with Gasteiger partial charge in [-0.05, 0) is 83.5 Å². The maximum atomic E-state index is 13.0. The van der Waals surface area contributed by atoms with E-state index in [0.29, 0.717) is 19.4 Å². The summed E-state index contributed by atoms with van der Waals surface area (Å²) in [6.45, 7) is 4.29. The van der Waals surface area contributed by atoms with Gasteiger partial charge in [0, 0.05) is 12.8 Å². The minimum atomic E-state index is -1.58. The number of hydrogen-bond acceptors (Lipinski definition) is 10. The van der Waals surface area contributed by atoms with Crippen LogP contribution in [0.4, 0.5) is 0 Å². The Kier molecular flexibility index (Phi) is 51.4. The average molecular weight is 1070 g/mol. The van der Waals surface area contributed by atoms with E-state index < -0.39 is 49.5 Å². The maximum absolute atomic E-state index is 13.0. The molecule has 0 aromatic heterocycles. The second kappa shape index (κ2) is 54.6. The third kappa shape index (κ3) is 43.5. The fraction of sp³-hybridized carbons (Fsp3) is 0.846. The van der Waals surface area contributed by atoms with E-state index in [1.807, 2.05) is 6.08 Å². The van der Waals surface area contributed by atoms with E-state index in [2.05, 4.69) is 55.6 Å². The van der Waals surface area contributed by atoms with Gasteiger partial charge in [-0.1, -0.05) is 242 Å². The van der Waals surface area contributed by atoms with E-state index in [1.165, 1.54) is 180 Å². The molecule has 0 bridgehead atoms. The Morgan fingerprint density at radius 1 is 0.474 bits per heavy atom. The number of rotatable bonds is 55. The van der Waals surface area contributed by atoms with Crippen molar-refractivity contribution in [3.63, 3.8) is 0 Å². The highest BCUT2D eigenvalue weighted by Gasteiger charge is 2.44. The van der Waals surface area contributed by atoms with Gasteiger partial charge in [0.2, 0.25) is 5.91 Å². The minimum Gasteiger partial charge on any atom is -0.466 e. The first-order chi connectivity index (χ1) is 37.2. The van der Waals surface area contributed by atoms with Crippen LogP contribution in [-0.2, 0) is 23.8 Å². The van der Waals surface area contributed by atoms with E-state index in [1.54, 1.807) is 6.08 Å². The molecule has 0 saturated carbocycles. The predicted molar refractivity (Wildman–Crippen MR) is 315 cm³/mol. The standard InChI is InChI=1S/C65H119NO10/c1-3-5-7-9-11-13-15-28-32-35-39-43-47-51-58(68)57(56-75-65-64(73)63(72)62(71)59(55-67)76-65)66-60(69)52-48-44-40-36-33-29-26-24-22-20-18-16-17-19-21-23-25-27-30-34-38-42-46-50-54-74-61(70)53-49-45-41-37-31-14-12-10-8-6-4-2/h11,13,18,20,32,35,47,51,57-59,62-65,67-68,71-73H,3-10,12,14-17,19,21-31,33-34,36-46,48-50,52-56H2,1-2H3,(H,66,69)/b13-11+,20-18-,35-32+,51-47+. The van der Waals surface area contributed by atoms with Crippen molar-refractivity contribution in [3.8, 4) is 0 Å². The normalized spacial score (nSPS) is 19.0. The molecule has 1 aliphatic rings. The van der Waals surface area contributed by atoms with Gasteiger partial charge >= 0.3 is 5.97 Å². The lowest BCUT2D eigenvalue weighted by atomic mass is 9.99. The van der Waals surface area contributed by atoms with Crippen LogP contribution in [0.2, 0.25) is 0 Å². The molecule has 1 aliphatic heterocycles. The molecule has 0 aromatic carbocycles. The molecule has 1 heterocycles. The van der Waals surface area contributed by atoms with Crippen molar-refractivity contribution in [2.75, 3.05) is 19.8 Å². The van der Waals surface area contributed by atoms with Crippen LogP contribution in [0, 0.1) is 0 Å². The molecule has 1 rings (SSSR count). The average Bonchev–Trinajstić information content (AvgIpc) is 3.42. The second-order valence-electron chi connectivity index (χ2n) is 22.1. The van der Waals surface area contributed by atoms with Crippen LogP contribution in [0.15, 0.2) is 48.6 Å². The lowest BCUT2D eigenvalue weighted by Crippen LogP contribution is -2.60. The van der Waals surface area contributed by atoms with Crippen LogP contribution in [0.3, 0.4) is 0 Å². The zero-order chi connectivity index (χ0) is 55.2. The van der Waals surface area contributed by atoms with Crippen molar-refractivity contribution in [2.45, 2.75) is 333 Å². The highest BCUT2D eigenvalue weighted by Crippen LogP contribution is 2.23. The van der Waals surface area contributed by atoms with Crippen molar-refractivity contribution >= 4 is 11.9 Å². The highest BCUT2D eigenvalue weighted by molar-refractivity contribution is 5.76. The summed E-state index contributed by atoms with van der Waals surface area (Å²) in [4.78, 5) is 25.1. The first-order valence-electron chi connectivity index (χ1n) is 31.9. The van der Waals surface area contributed by atoms with Crippen molar-refractivity contribution < 1.29 is 49.3 Å². The summed E-state index contributed by atoms with van der Waals surface area (Å²) in [5.74, 6) is -0.201. The number of aliphatic hydroxyl groups excluding tert-OH is 5. The third-order valence-corrected chi connectivity index (χ3v) is 14.9. The lowest BCUT2D eigenvalue weighted by Gasteiger charge is -2.40. The van der Waals surface area contributed by atoms with Gasteiger partial charge in [-0.2, -0.15) is 0 Å². The summed E-state index contributed by atoms with van der Waals surface area (Å²) in [5, 5.41) is 54.4. The molecule has 0 spiro atoms. The molecule has 0 radical (unpaired) electrons. The van der Waals surface area contributed by atoms with E-state index >= 15 is 0 Å². The van der Waals surface area contributed by atoms with E-state index in [0.717, 1.165) is 83.5 Å². The summed E-state index contributed by atoms with van der Waals surface area (Å²) >= 11 is 0. The number of ether oxygens (including phenoxy) is 3. The zero-order valence-corrected chi connectivity index (χ0v) is 49.0. The maximum Gasteiger partial charge on any atom is 0.305 e. The van der Waals surface area contributed by atoms with Gasteiger partial charge < -0.3 is 45.1 Å². The SMILES string of the molecule is CCCCC/C=C/CC/C=C/CC/C=C/C(O)C(COC1OC(CO)C(O)C(O)C1O)NC(=O)CCCCCCCCCC/C=C\CCCCCCCCCCCCCCOC(=O)CCCCCCCCCCCCC. The van der Waals surface area contributed by atoms with Crippen molar-refractivity contribution in [1.29, 1.82) is 0 Å². The smallest absolute Gasteiger partial charge is 0.305 e. The molecule has 444 valence electrons. The van der Waals surface area contributed by atoms with Crippen molar-refractivity contribution in [1.82, 2.24) is 5.32 Å². The summed E-state index contributed by atoms with van der Waals surface area (Å²) < 4.78 is 16.7. The monoisotopic (exact) mass is 1070 g/mol. The molecule has 1 fully saturated rings. The number of carbonyl (C=O) groups excluding carboxylic acids is 2. The zero-order valence-electron chi connectivity index (χ0n) is 49.0. The lowest BCUT2D eigenvalue weighted by molar-refractivity contribution is -0.302. The molecule has 11 nitrogen and oxygen atoms in total. The third-order valence-electron chi connectivity index (χ3n) is 14.9. The van der Waals surface area contributed by atoms with E-state index in [9.17, 15) is 35.1 Å². The molecule has 1 amide bonds. The Morgan fingerprint density at radius 3 is 1.33 bits per heavy atom. The van der Waals surface area contributed by atoms with Crippen molar-refractivity contribution in [2.24, 2.45) is 0 Å². The van der Waals surface area contributed by atoms with Gasteiger partial charge in [-0.3, -0.25) is 9.59 Å². The fourth-order valence-corrected chi connectivity index (χ4v) is 9.81. The Morgan fingerprint density at radius 2 is 0.855 bits per heavy atom. The topological polar surface area (TPSA) is 175 Å². The predicted octanol–water partition coefficient (Wildman–Crippen LogP) is 15.2. The van der Waals surface area contributed by atoms with E-state index in [4.69, 9.17) is 14.2 Å². The van der Waals surface area contributed by atoms with Gasteiger partial charge in [0.15, 0.2) is 6.29 Å². The number of allylic oxidation sites excluding steroid dienone is 7. The van der Waals surface area contributed by atoms with Gasteiger partial charge in [0.1, 0.15) is 24.4 Å². The summed E-state index contributed by atoms with van der Waals surface area (Å²) in [6, 6.07) is -0.838.